The van der Waals surface area contributed by atoms with Crippen molar-refractivity contribution in [1.29, 1.82) is 0 Å². The highest BCUT2D eigenvalue weighted by Crippen LogP contribution is 2.26. The highest BCUT2D eigenvalue weighted by atomic mass is 32.1. The van der Waals surface area contributed by atoms with Crippen molar-refractivity contribution < 1.29 is 23.9 Å². The smallest absolute Gasteiger partial charge is 0.306 e. The molecule has 30 heavy (non-hydrogen) atoms. The number of ketones is 1. The summed E-state index contributed by atoms with van der Waals surface area (Å²) in [6.45, 7) is 3.46. The van der Waals surface area contributed by atoms with Crippen molar-refractivity contribution >= 4 is 44.3 Å². The zero-order chi connectivity index (χ0) is 21.5. The maximum atomic E-state index is 12.0. The van der Waals surface area contributed by atoms with Crippen molar-refractivity contribution in [3.05, 3.63) is 53.6 Å². The van der Waals surface area contributed by atoms with E-state index < -0.39 is 11.9 Å². The number of nitrogens with one attached hydrogen (secondary N) is 1. The van der Waals surface area contributed by atoms with Crippen LogP contribution in [0.4, 0.5) is 5.13 Å². The zero-order valence-corrected chi connectivity index (χ0v) is 17.6. The van der Waals surface area contributed by atoms with E-state index in [0.717, 1.165) is 15.8 Å². The van der Waals surface area contributed by atoms with E-state index in [2.05, 4.69) is 10.3 Å². The van der Waals surface area contributed by atoms with Gasteiger partial charge in [-0.2, -0.15) is 0 Å². The van der Waals surface area contributed by atoms with Gasteiger partial charge in [0, 0.05) is 12.0 Å². The number of nitrogens with zero attached hydrogens (tertiary/aromatic N) is 1. The number of Topliss-reactive ketones (excluding diaryl/α,β-unsaturated/α-hetero) is 1. The second-order valence-electron chi connectivity index (χ2n) is 6.73. The number of carbonyl (C=O) groups excluding carboxylic acids is 3. The van der Waals surface area contributed by atoms with Crippen LogP contribution in [0.2, 0.25) is 0 Å². The van der Waals surface area contributed by atoms with Gasteiger partial charge in [0.1, 0.15) is 5.75 Å². The molecule has 0 bridgehead atoms. The van der Waals surface area contributed by atoms with Gasteiger partial charge >= 0.3 is 5.97 Å². The molecule has 0 aliphatic carbocycles. The second-order valence-corrected chi connectivity index (χ2v) is 7.76. The minimum atomic E-state index is -0.472. The van der Waals surface area contributed by atoms with Crippen LogP contribution >= 0.6 is 11.3 Å². The minimum Gasteiger partial charge on any atom is -0.494 e. The Kier molecular flexibility index (Phi) is 7.13. The summed E-state index contributed by atoms with van der Waals surface area (Å²) in [4.78, 5) is 39.4. The number of aromatic nitrogens is 1. The number of anilines is 1. The largest absolute Gasteiger partial charge is 0.494 e. The molecule has 0 unspecified atom stereocenters. The van der Waals surface area contributed by atoms with Crippen molar-refractivity contribution in [3.8, 4) is 5.75 Å². The lowest BCUT2D eigenvalue weighted by Gasteiger charge is -2.07. The van der Waals surface area contributed by atoms with Crippen LogP contribution in [-0.4, -0.2) is 35.9 Å². The van der Waals surface area contributed by atoms with Gasteiger partial charge in [0.2, 0.25) is 0 Å². The molecule has 0 aliphatic rings. The van der Waals surface area contributed by atoms with E-state index >= 15 is 0 Å². The third-order valence-corrected chi connectivity index (χ3v) is 5.14. The van der Waals surface area contributed by atoms with Crippen LogP contribution in [0.1, 0.15) is 35.7 Å². The van der Waals surface area contributed by atoms with E-state index in [-0.39, 0.29) is 18.8 Å². The Morgan fingerprint density at radius 1 is 1.10 bits per heavy atom. The molecule has 0 saturated heterocycles. The summed E-state index contributed by atoms with van der Waals surface area (Å²) in [5, 5.41) is 3.12. The number of benzene rings is 2. The van der Waals surface area contributed by atoms with Crippen molar-refractivity contribution in [3.63, 3.8) is 0 Å². The van der Waals surface area contributed by atoms with Gasteiger partial charge in [-0.15, -0.1) is 0 Å². The monoisotopic (exact) mass is 426 g/mol. The third-order valence-electron chi connectivity index (χ3n) is 4.21. The fourth-order valence-corrected chi connectivity index (χ4v) is 3.63. The Morgan fingerprint density at radius 3 is 2.60 bits per heavy atom. The molecule has 0 spiro atoms. The summed E-state index contributed by atoms with van der Waals surface area (Å²) in [6, 6.07) is 12.7. The summed E-state index contributed by atoms with van der Waals surface area (Å²) in [7, 11) is 0. The maximum Gasteiger partial charge on any atom is 0.306 e. The average molecular weight is 426 g/mol. The first-order valence-electron chi connectivity index (χ1n) is 9.47. The first-order chi connectivity index (χ1) is 14.4. The number of esters is 1. The van der Waals surface area contributed by atoms with Crippen LogP contribution in [0.5, 0.6) is 5.75 Å². The number of ether oxygens (including phenoxy) is 2. The molecule has 0 aliphatic heterocycles. The highest BCUT2D eigenvalue weighted by molar-refractivity contribution is 7.22. The van der Waals surface area contributed by atoms with Crippen molar-refractivity contribution in [2.75, 3.05) is 18.5 Å². The van der Waals surface area contributed by atoms with Crippen LogP contribution in [0.15, 0.2) is 42.5 Å². The van der Waals surface area contributed by atoms with Gasteiger partial charge < -0.3 is 9.47 Å². The molecule has 1 aromatic heterocycles. The second kappa shape index (κ2) is 9.98. The lowest BCUT2D eigenvalue weighted by molar-refractivity contribution is -0.147. The number of hydrogen-bond acceptors (Lipinski definition) is 7. The standard InChI is InChI=1S/C22H22N2O5S/c1-14-5-10-18-19(12-14)30-22(23-18)24-20(26)13-29-21(27)4-3-11-28-17-8-6-16(7-9-17)15(2)25/h5-10,12H,3-4,11,13H2,1-2H3,(H,23,24,26). The number of aryl methyl sites for hydroxylation is 1. The van der Waals surface area contributed by atoms with Crippen LogP contribution in [0.25, 0.3) is 10.2 Å². The van der Waals surface area contributed by atoms with Crippen molar-refractivity contribution in [1.82, 2.24) is 4.98 Å². The summed E-state index contributed by atoms with van der Waals surface area (Å²) < 4.78 is 11.5. The zero-order valence-electron chi connectivity index (χ0n) is 16.8. The average Bonchev–Trinajstić information content (AvgIpc) is 3.11. The van der Waals surface area contributed by atoms with E-state index in [4.69, 9.17) is 9.47 Å². The SMILES string of the molecule is CC(=O)c1ccc(OCCCC(=O)OCC(=O)Nc2nc3ccc(C)cc3s2)cc1. The quantitative estimate of drug-likeness (QED) is 0.314. The molecule has 3 rings (SSSR count). The summed E-state index contributed by atoms with van der Waals surface area (Å²) >= 11 is 1.37. The Labute approximate surface area is 178 Å². The van der Waals surface area contributed by atoms with E-state index in [1.54, 1.807) is 24.3 Å². The Bertz CT molecular complexity index is 1060. The van der Waals surface area contributed by atoms with Crippen LogP contribution in [0, 0.1) is 6.92 Å². The molecule has 1 amide bonds. The minimum absolute atomic E-state index is 0.00781. The molecule has 1 heterocycles. The van der Waals surface area contributed by atoms with Crippen LogP contribution in [0.3, 0.4) is 0 Å². The van der Waals surface area contributed by atoms with Crippen molar-refractivity contribution in [2.24, 2.45) is 0 Å². The molecule has 2 aromatic carbocycles. The summed E-state index contributed by atoms with van der Waals surface area (Å²) in [5.74, 6) is -0.285. The van der Waals surface area contributed by atoms with Gasteiger partial charge in [-0.25, -0.2) is 4.98 Å². The fraction of sp³-hybridized carbons (Fsp3) is 0.273. The molecule has 0 radical (unpaired) electrons. The molecule has 156 valence electrons. The predicted molar refractivity (Wildman–Crippen MR) is 115 cm³/mol. The predicted octanol–water partition coefficient (Wildman–Crippen LogP) is 4.15. The lowest BCUT2D eigenvalue weighted by atomic mass is 10.1. The molecule has 7 nitrogen and oxygen atoms in total. The Balaban J connectivity index is 1.34. The number of hydrogen-bond donors (Lipinski definition) is 1. The molecule has 8 heteroatoms. The third kappa shape index (κ3) is 6.12. The highest BCUT2D eigenvalue weighted by Gasteiger charge is 2.11. The van der Waals surface area contributed by atoms with E-state index in [1.807, 2.05) is 25.1 Å². The number of thiazole rings is 1. The Hall–Kier alpha value is -3.26. The van der Waals surface area contributed by atoms with Gasteiger partial charge in [-0.3, -0.25) is 19.7 Å². The summed E-state index contributed by atoms with van der Waals surface area (Å²) in [6.07, 6.45) is 0.589. The van der Waals surface area contributed by atoms with Gasteiger partial charge in [0.25, 0.3) is 5.91 Å². The van der Waals surface area contributed by atoms with E-state index in [9.17, 15) is 14.4 Å². The topological polar surface area (TPSA) is 94.6 Å². The van der Waals surface area contributed by atoms with Gasteiger partial charge in [-0.05, 0) is 62.2 Å². The normalized spacial score (nSPS) is 10.6. The molecular weight excluding hydrogens is 404 g/mol. The van der Waals surface area contributed by atoms with Gasteiger partial charge in [-0.1, -0.05) is 17.4 Å². The molecule has 0 atom stereocenters. The Morgan fingerprint density at radius 2 is 1.87 bits per heavy atom. The molecule has 0 fully saturated rings. The maximum absolute atomic E-state index is 12.0. The number of amides is 1. The molecule has 0 saturated carbocycles. The summed E-state index contributed by atoms with van der Waals surface area (Å²) in [5.41, 5.74) is 2.55. The van der Waals surface area contributed by atoms with E-state index in [1.165, 1.54) is 18.3 Å². The molecule has 3 aromatic rings. The number of fused-ring (bicyclic) bond motifs is 1. The van der Waals surface area contributed by atoms with Crippen LogP contribution < -0.4 is 10.1 Å². The van der Waals surface area contributed by atoms with Gasteiger partial charge in [0.05, 0.1) is 16.8 Å². The fourth-order valence-electron chi connectivity index (χ4n) is 2.65. The lowest BCUT2D eigenvalue weighted by Crippen LogP contribution is -2.20. The van der Waals surface area contributed by atoms with Crippen molar-refractivity contribution in [2.45, 2.75) is 26.7 Å². The molecular formula is C22H22N2O5S. The first kappa shape index (κ1) is 21.4. The number of rotatable bonds is 9. The first-order valence-corrected chi connectivity index (χ1v) is 10.3. The van der Waals surface area contributed by atoms with E-state index in [0.29, 0.717) is 29.5 Å². The molecule has 1 N–H and O–H groups in total. The number of carbonyl (C=O) groups is 3. The van der Waals surface area contributed by atoms with Crippen LogP contribution in [-0.2, 0) is 14.3 Å². The van der Waals surface area contributed by atoms with Gasteiger partial charge in [0.15, 0.2) is 17.5 Å².